The number of rotatable bonds is 6. The Morgan fingerprint density at radius 3 is 2.65 bits per heavy atom. The summed E-state index contributed by atoms with van der Waals surface area (Å²) < 4.78 is 1.11. The van der Waals surface area contributed by atoms with Crippen molar-refractivity contribution in [1.29, 1.82) is 0 Å². The first-order chi connectivity index (χ1) is 9.65. The number of nitrogens with one attached hydrogen (secondary N) is 1. The average molecular weight is 336 g/mol. The van der Waals surface area contributed by atoms with Crippen LogP contribution in [0.5, 0.6) is 0 Å². The number of anilines is 1. The summed E-state index contributed by atoms with van der Waals surface area (Å²) >= 11 is 3.60. The maximum Gasteiger partial charge on any atom is 0.134 e. The molecule has 0 spiro atoms. The van der Waals surface area contributed by atoms with E-state index in [4.69, 9.17) is 0 Å². The molecular weight excluding hydrogens is 314 g/mol. The summed E-state index contributed by atoms with van der Waals surface area (Å²) in [6.45, 7) is 9.79. The predicted molar refractivity (Wildman–Crippen MR) is 90.3 cm³/mol. The van der Waals surface area contributed by atoms with Crippen molar-refractivity contribution in [2.45, 2.75) is 26.8 Å². The van der Waals surface area contributed by atoms with Crippen LogP contribution in [0, 0.1) is 0 Å². The number of benzene rings is 1. The quantitative estimate of drug-likeness (QED) is 0.859. The van der Waals surface area contributed by atoms with E-state index < -0.39 is 0 Å². The molecule has 2 aromatic rings. The van der Waals surface area contributed by atoms with Crippen LogP contribution in [0.4, 0.5) is 5.82 Å². The van der Waals surface area contributed by atoms with Gasteiger partial charge in [-0.05, 0) is 32.1 Å². The Bertz CT molecular complexity index is 567. The first-order valence-electron chi connectivity index (χ1n) is 7.17. The minimum atomic E-state index is 0.368. The SMILES string of the molecule is CCN(CC)CC(C)Nc1nccc2c(Br)cccc12. The second kappa shape index (κ2) is 7.04. The van der Waals surface area contributed by atoms with Crippen LogP contribution in [-0.4, -0.2) is 35.6 Å². The largest absolute Gasteiger partial charge is 0.366 e. The van der Waals surface area contributed by atoms with Crippen LogP contribution in [-0.2, 0) is 0 Å². The van der Waals surface area contributed by atoms with Crippen LogP contribution in [0.1, 0.15) is 20.8 Å². The standard InChI is InChI=1S/C16H22BrN3/c1-4-20(5-2)11-12(3)19-16-14-7-6-8-15(17)13(14)9-10-18-16/h6-10,12H,4-5,11H2,1-3H3,(H,18,19). The number of pyridine rings is 1. The van der Waals surface area contributed by atoms with Gasteiger partial charge in [-0.1, -0.05) is 41.9 Å². The molecular formula is C16H22BrN3. The monoisotopic (exact) mass is 335 g/mol. The lowest BCUT2D eigenvalue weighted by molar-refractivity contribution is 0.294. The van der Waals surface area contributed by atoms with E-state index in [9.17, 15) is 0 Å². The molecule has 0 aliphatic carbocycles. The van der Waals surface area contributed by atoms with Crippen LogP contribution < -0.4 is 5.32 Å². The zero-order valence-electron chi connectivity index (χ0n) is 12.4. The highest BCUT2D eigenvalue weighted by molar-refractivity contribution is 9.10. The van der Waals surface area contributed by atoms with E-state index in [1.54, 1.807) is 0 Å². The summed E-state index contributed by atoms with van der Waals surface area (Å²) in [4.78, 5) is 6.91. The lowest BCUT2D eigenvalue weighted by Crippen LogP contribution is -2.34. The summed E-state index contributed by atoms with van der Waals surface area (Å²) in [5.41, 5.74) is 0. The van der Waals surface area contributed by atoms with E-state index in [0.29, 0.717) is 6.04 Å². The molecule has 108 valence electrons. The molecule has 1 unspecified atom stereocenters. The van der Waals surface area contributed by atoms with E-state index in [1.165, 1.54) is 5.39 Å². The highest BCUT2D eigenvalue weighted by Gasteiger charge is 2.10. The van der Waals surface area contributed by atoms with E-state index in [2.05, 4.69) is 64.0 Å². The Balaban J connectivity index is 2.19. The molecule has 3 nitrogen and oxygen atoms in total. The van der Waals surface area contributed by atoms with Crippen molar-refractivity contribution in [1.82, 2.24) is 9.88 Å². The number of hydrogen-bond donors (Lipinski definition) is 1. The number of hydrogen-bond acceptors (Lipinski definition) is 3. The van der Waals surface area contributed by atoms with Crippen LogP contribution in [0.15, 0.2) is 34.9 Å². The van der Waals surface area contributed by atoms with Gasteiger partial charge in [-0.25, -0.2) is 4.98 Å². The molecule has 20 heavy (non-hydrogen) atoms. The van der Waals surface area contributed by atoms with Gasteiger partial charge in [0.05, 0.1) is 0 Å². The molecule has 0 fully saturated rings. The molecule has 0 amide bonds. The van der Waals surface area contributed by atoms with Crippen molar-refractivity contribution < 1.29 is 0 Å². The second-order valence-corrected chi connectivity index (χ2v) is 5.88. The minimum absolute atomic E-state index is 0.368. The molecule has 0 aliphatic heterocycles. The normalized spacial score (nSPS) is 12.8. The van der Waals surface area contributed by atoms with Crippen LogP contribution in [0.2, 0.25) is 0 Å². The molecule has 1 aromatic carbocycles. The molecule has 1 atom stereocenters. The van der Waals surface area contributed by atoms with Crippen molar-refractivity contribution >= 4 is 32.5 Å². The highest BCUT2D eigenvalue weighted by atomic mass is 79.9. The molecule has 1 N–H and O–H groups in total. The van der Waals surface area contributed by atoms with Crippen molar-refractivity contribution in [2.75, 3.05) is 25.0 Å². The molecule has 0 saturated heterocycles. The van der Waals surface area contributed by atoms with Crippen molar-refractivity contribution in [3.63, 3.8) is 0 Å². The molecule has 4 heteroatoms. The van der Waals surface area contributed by atoms with Crippen molar-refractivity contribution in [2.24, 2.45) is 0 Å². The Hall–Kier alpha value is -1.13. The zero-order chi connectivity index (χ0) is 14.5. The van der Waals surface area contributed by atoms with Gasteiger partial charge in [0.2, 0.25) is 0 Å². The van der Waals surface area contributed by atoms with Gasteiger partial charge >= 0.3 is 0 Å². The number of halogens is 1. The first kappa shape index (κ1) is 15.3. The zero-order valence-corrected chi connectivity index (χ0v) is 13.9. The molecule has 0 aliphatic rings. The third-order valence-corrected chi connectivity index (χ3v) is 4.25. The number of nitrogens with zero attached hydrogens (tertiary/aromatic N) is 2. The van der Waals surface area contributed by atoms with Gasteiger partial charge in [-0.3, -0.25) is 0 Å². The summed E-state index contributed by atoms with van der Waals surface area (Å²) in [5.74, 6) is 0.962. The first-order valence-corrected chi connectivity index (χ1v) is 7.97. The summed E-state index contributed by atoms with van der Waals surface area (Å²) in [6.07, 6.45) is 1.86. The van der Waals surface area contributed by atoms with Gasteiger partial charge in [0.25, 0.3) is 0 Å². The molecule has 0 saturated carbocycles. The van der Waals surface area contributed by atoms with E-state index in [1.807, 2.05) is 18.3 Å². The molecule has 0 bridgehead atoms. The topological polar surface area (TPSA) is 28.2 Å². The molecule has 0 radical (unpaired) electrons. The second-order valence-electron chi connectivity index (χ2n) is 5.03. The van der Waals surface area contributed by atoms with Gasteiger partial charge < -0.3 is 10.2 Å². The fourth-order valence-electron chi connectivity index (χ4n) is 2.43. The van der Waals surface area contributed by atoms with Gasteiger partial charge in [-0.2, -0.15) is 0 Å². The van der Waals surface area contributed by atoms with Gasteiger partial charge in [0.15, 0.2) is 0 Å². The van der Waals surface area contributed by atoms with Gasteiger partial charge in [0, 0.05) is 34.0 Å². The molecule has 1 heterocycles. The predicted octanol–water partition coefficient (Wildman–Crippen LogP) is 4.14. The summed E-state index contributed by atoms with van der Waals surface area (Å²) in [5, 5.41) is 5.89. The van der Waals surface area contributed by atoms with E-state index >= 15 is 0 Å². The Kier molecular flexibility index (Phi) is 5.38. The smallest absolute Gasteiger partial charge is 0.134 e. The maximum atomic E-state index is 4.50. The average Bonchev–Trinajstić information content (AvgIpc) is 2.46. The number of likely N-dealkylation sites (N-methyl/N-ethyl adjacent to an activating group) is 1. The van der Waals surface area contributed by atoms with Crippen molar-refractivity contribution in [3.05, 3.63) is 34.9 Å². The van der Waals surface area contributed by atoms with Gasteiger partial charge in [0.1, 0.15) is 5.82 Å². The van der Waals surface area contributed by atoms with Crippen LogP contribution >= 0.6 is 15.9 Å². The maximum absolute atomic E-state index is 4.50. The van der Waals surface area contributed by atoms with Crippen LogP contribution in [0.3, 0.4) is 0 Å². The fourth-order valence-corrected chi connectivity index (χ4v) is 2.93. The Labute approximate surface area is 129 Å². The molecule has 2 rings (SSSR count). The third-order valence-electron chi connectivity index (χ3n) is 3.56. The minimum Gasteiger partial charge on any atom is -0.366 e. The number of fused-ring (bicyclic) bond motifs is 1. The van der Waals surface area contributed by atoms with Gasteiger partial charge in [-0.15, -0.1) is 0 Å². The summed E-state index contributed by atoms with van der Waals surface area (Å²) in [6, 6.07) is 8.63. The fraction of sp³-hybridized carbons (Fsp3) is 0.438. The Morgan fingerprint density at radius 2 is 1.95 bits per heavy atom. The third kappa shape index (κ3) is 3.49. The number of aromatic nitrogens is 1. The lowest BCUT2D eigenvalue weighted by atomic mass is 10.1. The summed E-state index contributed by atoms with van der Waals surface area (Å²) in [7, 11) is 0. The van der Waals surface area contributed by atoms with E-state index in [0.717, 1.165) is 35.3 Å². The van der Waals surface area contributed by atoms with E-state index in [-0.39, 0.29) is 0 Å². The van der Waals surface area contributed by atoms with Crippen molar-refractivity contribution in [3.8, 4) is 0 Å². The highest BCUT2D eigenvalue weighted by Crippen LogP contribution is 2.27. The van der Waals surface area contributed by atoms with Crippen LogP contribution in [0.25, 0.3) is 10.8 Å². The lowest BCUT2D eigenvalue weighted by Gasteiger charge is -2.24. The molecule has 1 aromatic heterocycles. The Morgan fingerprint density at radius 1 is 1.20 bits per heavy atom.